The lowest BCUT2D eigenvalue weighted by Crippen LogP contribution is -2.40. The van der Waals surface area contributed by atoms with Crippen LogP contribution in [0.2, 0.25) is 0 Å². The molecule has 1 aromatic rings. The van der Waals surface area contributed by atoms with Crippen LogP contribution in [0.5, 0.6) is 0 Å². The molecule has 122 valence electrons. The second-order valence-electron chi connectivity index (χ2n) is 5.55. The van der Waals surface area contributed by atoms with Crippen LogP contribution in [0, 0.1) is 6.92 Å². The summed E-state index contributed by atoms with van der Waals surface area (Å²) < 4.78 is 10.4. The third-order valence-corrected chi connectivity index (χ3v) is 3.98. The molecule has 2 rings (SSSR count). The lowest BCUT2D eigenvalue weighted by atomic mass is 9.91. The quantitative estimate of drug-likeness (QED) is 0.800. The summed E-state index contributed by atoms with van der Waals surface area (Å²) in [4.78, 5) is 22.6. The highest BCUT2D eigenvalue weighted by molar-refractivity contribution is 5.77. The van der Waals surface area contributed by atoms with E-state index in [2.05, 4.69) is 9.97 Å². The predicted octanol–water partition coefficient (Wildman–Crippen LogP) is 1.67. The number of aryl methyl sites for hydroxylation is 1. The highest BCUT2D eigenvalue weighted by Crippen LogP contribution is 2.29. The molecule has 2 heterocycles. The second-order valence-corrected chi connectivity index (χ2v) is 5.55. The van der Waals surface area contributed by atoms with Gasteiger partial charge in [-0.3, -0.25) is 4.79 Å². The van der Waals surface area contributed by atoms with Gasteiger partial charge in [0.2, 0.25) is 5.91 Å². The fraction of sp³-hybridized carbons (Fsp3) is 0.688. The third-order valence-electron chi connectivity index (χ3n) is 3.98. The van der Waals surface area contributed by atoms with E-state index < -0.39 is 0 Å². The Morgan fingerprint density at radius 3 is 2.77 bits per heavy atom. The molecule has 1 fully saturated rings. The fourth-order valence-corrected chi connectivity index (χ4v) is 2.81. The largest absolute Gasteiger partial charge is 0.377 e. The van der Waals surface area contributed by atoms with Gasteiger partial charge in [0.25, 0.3) is 0 Å². The van der Waals surface area contributed by atoms with E-state index >= 15 is 0 Å². The smallest absolute Gasteiger partial charge is 0.248 e. The van der Waals surface area contributed by atoms with Gasteiger partial charge in [0, 0.05) is 44.5 Å². The minimum Gasteiger partial charge on any atom is -0.377 e. The molecule has 6 nitrogen and oxygen atoms in total. The molecule has 22 heavy (non-hydrogen) atoms. The van der Waals surface area contributed by atoms with Crippen molar-refractivity contribution in [3.8, 4) is 0 Å². The van der Waals surface area contributed by atoms with E-state index in [-0.39, 0.29) is 12.5 Å². The molecule has 0 atom stereocenters. The Morgan fingerprint density at radius 1 is 1.41 bits per heavy atom. The Morgan fingerprint density at radius 2 is 2.14 bits per heavy atom. The van der Waals surface area contributed by atoms with Crippen LogP contribution in [-0.4, -0.2) is 54.2 Å². The van der Waals surface area contributed by atoms with Crippen molar-refractivity contribution in [1.82, 2.24) is 14.9 Å². The zero-order chi connectivity index (χ0) is 15.9. The van der Waals surface area contributed by atoms with Crippen LogP contribution in [0.25, 0.3) is 0 Å². The van der Waals surface area contributed by atoms with Crippen molar-refractivity contribution in [1.29, 1.82) is 0 Å². The van der Waals surface area contributed by atoms with E-state index in [1.54, 1.807) is 7.11 Å². The van der Waals surface area contributed by atoms with Gasteiger partial charge in [-0.15, -0.1) is 0 Å². The first kappa shape index (κ1) is 16.8. The molecule has 1 aromatic heterocycles. The van der Waals surface area contributed by atoms with Gasteiger partial charge in [-0.25, -0.2) is 9.97 Å². The summed E-state index contributed by atoms with van der Waals surface area (Å²) in [5.74, 6) is 1.21. The summed E-state index contributed by atoms with van der Waals surface area (Å²) in [7, 11) is 1.55. The van der Waals surface area contributed by atoms with E-state index in [0.29, 0.717) is 19.1 Å². The van der Waals surface area contributed by atoms with Gasteiger partial charge in [-0.1, -0.05) is 0 Å². The minimum absolute atomic E-state index is 0.0642. The Hall–Kier alpha value is -1.53. The Kier molecular flexibility index (Phi) is 6.27. The summed E-state index contributed by atoms with van der Waals surface area (Å²) in [5.41, 5.74) is 2.15. The van der Waals surface area contributed by atoms with Gasteiger partial charge in [0.1, 0.15) is 12.4 Å². The maximum absolute atomic E-state index is 11.9. The summed E-state index contributed by atoms with van der Waals surface area (Å²) in [5, 5.41) is 0. The number of ether oxygens (including phenoxy) is 2. The molecule has 6 heteroatoms. The normalized spacial score (nSPS) is 16.0. The molecule has 0 spiro atoms. The minimum atomic E-state index is 0.0642. The van der Waals surface area contributed by atoms with E-state index in [1.165, 1.54) is 0 Å². The van der Waals surface area contributed by atoms with Gasteiger partial charge in [-0.05, 0) is 26.7 Å². The highest BCUT2D eigenvalue weighted by Gasteiger charge is 2.26. The molecule has 1 saturated heterocycles. The van der Waals surface area contributed by atoms with Crippen molar-refractivity contribution in [3.63, 3.8) is 0 Å². The molecule has 0 aliphatic carbocycles. The highest BCUT2D eigenvalue weighted by atomic mass is 16.5. The number of piperidine rings is 1. The zero-order valence-electron chi connectivity index (χ0n) is 13.7. The summed E-state index contributed by atoms with van der Waals surface area (Å²) >= 11 is 0. The van der Waals surface area contributed by atoms with Crippen molar-refractivity contribution < 1.29 is 14.3 Å². The molecular formula is C16H25N3O3. The molecule has 1 aliphatic heterocycles. The van der Waals surface area contributed by atoms with Crippen LogP contribution in [0.3, 0.4) is 0 Å². The summed E-state index contributed by atoms with van der Waals surface area (Å²) in [6.07, 6.45) is 3.71. The number of likely N-dealkylation sites (tertiary alicyclic amines) is 1. The van der Waals surface area contributed by atoms with E-state index in [0.717, 1.165) is 43.0 Å². The first-order valence-electron chi connectivity index (χ1n) is 7.82. The monoisotopic (exact) mass is 307 g/mol. The number of methoxy groups -OCH3 is 1. The molecule has 0 bridgehead atoms. The maximum atomic E-state index is 11.9. The average molecular weight is 307 g/mol. The van der Waals surface area contributed by atoms with Crippen molar-refractivity contribution in [2.24, 2.45) is 0 Å². The second kappa shape index (κ2) is 8.19. The Bertz CT molecular complexity index is 499. The van der Waals surface area contributed by atoms with Crippen molar-refractivity contribution in [2.45, 2.75) is 39.2 Å². The van der Waals surface area contributed by atoms with Crippen LogP contribution < -0.4 is 0 Å². The number of carbonyl (C=O) groups is 1. The number of nitrogens with zero attached hydrogens (tertiary/aromatic N) is 3. The Balaban J connectivity index is 2.04. The van der Waals surface area contributed by atoms with Crippen LogP contribution in [0.15, 0.2) is 6.20 Å². The number of amides is 1. The first-order chi connectivity index (χ1) is 10.7. The number of rotatable bonds is 6. The number of hydrogen-bond donors (Lipinski definition) is 0. The lowest BCUT2D eigenvalue weighted by molar-refractivity contribution is -0.136. The van der Waals surface area contributed by atoms with Gasteiger partial charge in [0.15, 0.2) is 0 Å². The molecule has 0 unspecified atom stereocenters. The van der Waals surface area contributed by atoms with Crippen LogP contribution >= 0.6 is 0 Å². The SMILES string of the molecule is CCOCc1cnc(C)nc1C1CCN(C(=O)COC)CC1. The Labute approximate surface area is 131 Å². The third kappa shape index (κ3) is 4.24. The van der Waals surface area contributed by atoms with Crippen LogP contribution in [0.1, 0.15) is 42.8 Å². The molecular weight excluding hydrogens is 282 g/mol. The molecule has 0 saturated carbocycles. The molecule has 0 aromatic carbocycles. The van der Waals surface area contributed by atoms with E-state index in [9.17, 15) is 4.79 Å². The predicted molar refractivity (Wildman–Crippen MR) is 82.5 cm³/mol. The zero-order valence-corrected chi connectivity index (χ0v) is 13.7. The maximum Gasteiger partial charge on any atom is 0.248 e. The topological polar surface area (TPSA) is 64.6 Å². The van der Waals surface area contributed by atoms with Crippen molar-refractivity contribution in [3.05, 3.63) is 23.3 Å². The van der Waals surface area contributed by atoms with Crippen molar-refractivity contribution >= 4 is 5.91 Å². The van der Waals surface area contributed by atoms with Crippen LogP contribution in [-0.2, 0) is 20.9 Å². The molecule has 0 radical (unpaired) electrons. The number of carbonyl (C=O) groups excluding carboxylic acids is 1. The van der Waals surface area contributed by atoms with Gasteiger partial charge in [-0.2, -0.15) is 0 Å². The van der Waals surface area contributed by atoms with Gasteiger partial charge < -0.3 is 14.4 Å². The molecule has 1 aliphatic rings. The molecule has 0 N–H and O–H groups in total. The lowest BCUT2D eigenvalue weighted by Gasteiger charge is -2.32. The van der Waals surface area contributed by atoms with E-state index in [1.807, 2.05) is 24.9 Å². The average Bonchev–Trinajstić information content (AvgIpc) is 2.54. The van der Waals surface area contributed by atoms with E-state index in [4.69, 9.17) is 9.47 Å². The standard InChI is InChI=1S/C16H25N3O3/c1-4-22-10-14-9-17-12(2)18-16(14)13-5-7-19(8-6-13)15(20)11-21-3/h9,13H,4-8,10-11H2,1-3H3. The van der Waals surface area contributed by atoms with Crippen LogP contribution in [0.4, 0.5) is 0 Å². The fourth-order valence-electron chi connectivity index (χ4n) is 2.81. The molecule has 1 amide bonds. The van der Waals surface area contributed by atoms with Crippen molar-refractivity contribution in [2.75, 3.05) is 33.4 Å². The van der Waals surface area contributed by atoms with Gasteiger partial charge in [0.05, 0.1) is 12.3 Å². The number of hydrogen-bond acceptors (Lipinski definition) is 5. The number of aromatic nitrogens is 2. The first-order valence-corrected chi connectivity index (χ1v) is 7.82. The van der Waals surface area contributed by atoms with Gasteiger partial charge >= 0.3 is 0 Å². The summed E-state index contributed by atoms with van der Waals surface area (Å²) in [6, 6.07) is 0. The summed E-state index contributed by atoms with van der Waals surface area (Å²) in [6.45, 7) is 6.78.